The molecule has 1 N–H and O–H groups in total. The summed E-state index contributed by atoms with van der Waals surface area (Å²) in [6.07, 6.45) is 6.91. The third kappa shape index (κ3) is 4.58. The molecular formula is C18H17ClN4O2. The fourth-order valence-corrected chi connectivity index (χ4v) is 2.29. The number of benzene rings is 1. The Bertz CT molecular complexity index is 848. The van der Waals surface area contributed by atoms with Crippen LogP contribution in [0.2, 0.25) is 5.02 Å². The van der Waals surface area contributed by atoms with Gasteiger partial charge in [0.2, 0.25) is 0 Å². The number of aryl methyl sites for hydroxylation is 1. The number of carbonyl (C=O) groups is 1. The number of amides is 1. The van der Waals surface area contributed by atoms with Gasteiger partial charge >= 0.3 is 0 Å². The lowest BCUT2D eigenvalue weighted by Gasteiger charge is -2.09. The Kier molecular flexibility index (Phi) is 5.30. The van der Waals surface area contributed by atoms with Crippen molar-refractivity contribution in [3.8, 4) is 11.6 Å². The Balaban J connectivity index is 1.48. The number of hydrogen-bond acceptors (Lipinski definition) is 4. The fourth-order valence-electron chi connectivity index (χ4n) is 2.18. The lowest BCUT2D eigenvalue weighted by molar-refractivity contribution is -0.123. The van der Waals surface area contributed by atoms with Crippen LogP contribution in [0.1, 0.15) is 11.1 Å². The first kappa shape index (κ1) is 17.0. The monoisotopic (exact) mass is 356 g/mol. The molecule has 2 aromatic heterocycles. The van der Waals surface area contributed by atoms with Crippen LogP contribution in [-0.4, -0.2) is 27.0 Å². The number of nitrogens with one attached hydrogen (secondary N) is 1. The first-order valence-electron chi connectivity index (χ1n) is 7.71. The highest BCUT2D eigenvalue weighted by Crippen LogP contribution is 2.20. The lowest BCUT2D eigenvalue weighted by Crippen LogP contribution is -2.28. The maximum atomic E-state index is 11.9. The summed E-state index contributed by atoms with van der Waals surface area (Å²) >= 11 is 5.96. The van der Waals surface area contributed by atoms with Gasteiger partial charge in [-0.1, -0.05) is 17.7 Å². The Morgan fingerprint density at radius 3 is 2.88 bits per heavy atom. The summed E-state index contributed by atoms with van der Waals surface area (Å²) in [4.78, 5) is 20.2. The molecule has 0 saturated carbocycles. The molecule has 0 atom stereocenters. The molecule has 0 aliphatic carbocycles. The van der Waals surface area contributed by atoms with Crippen molar-refractivity contribution in [3.05, 3.63) is 71.4 Å². The quantitative estimate of drug-likeness (QED) is 0.737. The van der Waals surface area contributed by atoms with Crippen molar-refractivity contribution < 1.29 is 9.53 Å². The summed E-state index contributed by atoms with van der Waals surface area (Å²) in [6.45, 7) is 2.22. The molecule has 0 unspecified atom stereocenters. The van der Waals surface area contributed by atoms with Crippen LogP contribution in [0, 0.1) is 6.92 Å². The number of imidazole rings is 1. The second-order valence-corrected chi connectivity index (χ2v) is 5.88. The second-order valence-electron chi connectivity index (χ2n) is 5.47. The van der Waals surface area contributed by atoms with Crippen LogP contribution in [-0.2, 0) is 11.3 Å². The molecule has 0 radical (unpaired) electrons. The standard InChI is InChI=1S/C18H17ClN4O2/c1-13-8-15(3-4-16(13)19)25-11-18(24)22-10-14-2-5-17(21-9-14)23-7-6-20-12-23/h2-9,12H,10-11H2,1H3,(H,22,24). The van der Waals surface area contributed by atoms with Crippen LogP contribution in [0.25, 0.3) is 5.82 Å². The number of hydrogen-bond donors (Lipinski definition) is 1. The summed E-state index contributed by atoms with van der Waals surface area (Å²) in [6, 6.07) is 9.07. The summed E-state index contributed by atoms with van der Waals surface area (Å²) in [5, 5.41) is 3.47. The summed E-state index contributed by atoms with van der Waals surface area (Å²) in [7, 11) is 0. The van der Waals surface area contributed by atoms with Crippen molar-refractivity contribution in [1.29, 1.82) is 0 Å². The van der Waals surface area contributed by atoms with Gasteiger partial charge in [0, 0.05) is 30.2 Å². The van der Waals surface area contributed by atoms with E-state index in [1.807, 2.05) is 29.8 Å². The van der Waals surface area contributed by atoms with Crippen LogP contribution >= 0.6 is 11.6 Å². The summed E-state index contributed by atoms with van der Waals surface area (Å²) in [5.74, 6) is 1.18. The number of halogens is 1. The second kappa shape index (κ2) is 7.81. The van der Waals surface area contributed by atoms with Crippen molar-refractivity contribution in [3.63, 3.8) is 0 Å². The highest BCUT2D eigenvalue weighted by atomic mass is 35.5. The Hall–Kier alpha value is -2.86. The van der Waals surface area contributed by atoms with Crippen molar-refractivity contribution in [2.45, 2.75) is 13.5 Å². The molecular weight excluding hydrogens is 340 g/mol. The maximum Gasteiger partial charge on any atom is 0.258 e. The van der Waals surface area contributed by atoms with Gasteiger partial charge in [-0.2, -0.15) is 0 Å². The van der Waals surface area contributed by atoms with Gasteiger partial charge in [-0.05, 0) is 42.3 Å². The molecule has 0 fully saturated rings. The Morgan fingerprint density at radius 2 is 2.20 bits per heavy atom. The predicted molar refractivity (Wildman–Crippen MR) is 94.9 cm³/mol. The van der Waals surface area contributed by atoms with E-state index in [0.717, 1.165) is 16.9 Å². The molecule has 2 heterocycles. The number of rotatable bonds is 6. The number of pyridine rings is 1. The number of carbonyl (C=O) groups excluding carboxylic acids is 1. The van der Waals surface area contributed by atoms with Crippen molar-refractivity contribution >= 4 is 17.5 Å². The first-order valence-corrected chi connectivity index (χ1v) is 8.08. The van der Waals surface area contributed by atoms with Crippen LogP contribution in [0.3, 0.4) is 0 Å². The van der Waals surface area contributed by atoms with E-state index in [0.29, 0.717) is 17.3 Å². The minimum absolute atomic E-state index is 0.0539. The zero-order valence-electron chi connectivity index (χ0n) is 13.6. The van der Waals surface area contributed by atoms with Gasteiger partial charge in [-0.3, -0.25) is 9.36 Å². The molecule has 1 aromatic carbocycles. The lowest BCUT2D eigenvalue weighted by atomic mass is 10.2. The van der Waals surface area contributed by atoms with Gasteiger partial charge in [-0.25, -0.2) is 9.97 Å². The molecule has 3 rings (SSSR count). The Labute approximate surface area is 150 Å². The maximum absolute atomic E-state index is 11.9. The number of aromatic nitrogens is 3. The van der Waals surface area contributed by atoms with E-state index in [1.54, 1.807) is 36.9 Å². The highest BCUT2D eigenvalue weighted by Gasteiger charge is 2.05. The molecule has 7 heteroatoms. The molecule has 0 bridgehead atoms. The van der Waals surface area contributed by atoms with E-state index in [4.69, 9.17) is 16.3 Å². The van der Waals surface area contributed by atoms with Crippen LogP contribution in [0.15, 0.2) is 55.2 Å². The number of ether oxygens (including phenoxy) is 1. The minimum Gasteiger partial charge on any atom is -0.484 e. The molecule has 0 spiro atoms. The van der Waals surface area contributed by atoms with Crippen molar-refractivity contribution in [2.24, 2.45) is 0 Å². The van der Waals surface area contributed by atoms with Gasteiger partial charge in [0.15, 0.2) is 6.61 Å². The molecule has 0 aliphatic rings. The third-order valence-electron chi connectivity index (χ3n) is 3.57. The van der Waals surface area contributed by atoms with Crippen LogP contribution in [0.5, 0.6) is 5.75 Å². The average molecular weight is 357 g/mol. The topological polar surface area (TPSA) is 69.0 Å². The predicted octanol–water partition coefficient (Wildman–Crippen LogP) is 2.92. The SMILES string of the molecule is Cc1cc(OCC(=O)NCc2ccc(-n3ccnc3)nc2)ccc1Cl. The fraction of sp³-hybridized carbons (Fsp3) is 0.167. The Morgan fingerprint density at radius 1 is 1.32 bits per heavy atom. The minimum atomic E-state index is -0.203. The summed E-state index contributed by atoms with van der Waals surface area (Å²) < 4.78 is 7.27. The van der Waals surface area contributed by atoms with E-state index in [1.165, 1.54) is 0 Å². The molecule has 0 aliphatic heterocycles. The summed E-state index contributed by atoms with van der Waals surface area (Å²) in [5.41, 5.74) is 1.81. The molecule has 1 amide bonds. The normalized spacial score (nSPS) is 10.5. The van der Waals surface area contributed by atoms with E-state index in [2.05, 4.69) is 15.3 Å². The zero-order valence-corrected chi connectivity index (χ0v) is 14.4. The van der Waals surface area contributed by atoms with Gasteiger partial charge in [0.25, 0.3) is 5.91 Å². The van der Waals surface area contributed by atoms with E-state index in [-0.39, 0.29) is 12.5 Å². The largest absolute Gasteiger partial charge is 0.484 e. The van der Waals surface area contributed by atoms with Gasteiger partial charge < -0.3 is 10.1 Å². The average Bonchev–Trinajstić information content (AvgIpc) is 3.16. The van der Waals surface area contributed by atoms with Crippen LogP contribution < -0.4 is 10.1 Å². The molecule has 0 saturated heterocycles. The third-order valence-corrected chi connectivity index (χ3v) is 3.99. The van der Waals surface area contributed by atoms with Crippen molar-refractivity contribution in [2.75, 3.05) is 6.61 Å². The van der Waals surface area contributed by atoms with E-state index >= 15 is 0 Å². The smallest absolute Gasteiger partial charge is 0.258 e. The van der Waals surface area contributed by atoms with Gasteiger partial charge in [0.05, 0.1) is 0 Å². The van der Waals surface area contributed by atoms with Crippen molar-refractivity contribution in [1.82, 2.24) is 19.9 Å². The molecule has 6 nitrogen and oxygen atoms in total. The van der Waals surface area contributed by atoms with E-state index in [9.17, 15) is 4.79 Å². The van der Waals surface area contributed by atoms with Crippen LogP contribution in [0.4, 0.5) is 0 Å². The van der Waals surface area contributed by atoms with Gasteiger partial charge in [-0.15, -0.1) is 0 Å². The van der Waals surface area contributed by atoms with E-state index < -0.39 is 0 Å². The molecule has 25 heavy (non-hydrogen) atoms. The van der Waals surface area contributed by atoms with Gasteiger partial charge in [0.1, 0.15) is 17.9 Å². The number of nitrogens with zero attached hydrogens (tertiary/aromatic N) is 3. The first-order chi connectivity index (χ1) is 12.1. The zero-order chi connectivity index (χ0) is 17.6. The molecule has 3 aromatic rings. The highest BCUT2D eigenvalue weighted by molar-refractivity contribution is 6.31. The molecule has 128 valence electrons.